The number of fused-ring (bicyclic) bond motifs is 1. The SMILES string of the molecule is O=C(Cc1ccc2ccccc2c1)N[C@@H](CS)C(=O)O. The summed E-state index contributed by atoms with van der Waals surface area (Å²) in [5.41, 5.74) is 0.851. The summed E-state index contributed by atoms with van der Waals surface area (Å²) in [5.74, 6) is -1.33. The van der Waals surface area contributed by atoms with Gasteiger partial charge in [-0.3, -0.25) is 4.79 Å². The van der Waals surface area contributed by atoms with Crippen LogP contribution in [0.15, 0.2) is 42.5 Å². The maximum Gasteiger partial charge on any atom is 0.327 e. The number of nitrogens with one attached hydrogen (secondary N) is 1. The van der Waals surface area contributed by atoms with Gasteiger partial charge in [-0.15, -0.1) is 0 Å². The Morgan fingerprint density at radius 3 is 2.50 bits per heavy atom. The zero-order valence-corrected chi connectivity index (χ0v) is 11.6. The molecule has 0 heterocycles. The third-order valence-corrected chi connectivity index (χ3v) is 3.36. The highest BCUT2D eigenvalue weighted by molar-refractivity contribution is 7.80. The summed E-state index contributed by atoms with van der Waals surface area (Å²) in [6, 6.07) is 12.7. The minimum absolute atomic E-state index is 0.0682. The van der Waals surface area contributed by atoms with Crippen LogP contribution in [-0.2, 0) is 16.0 Å². The molecule has 104 valence electrons. The van der Waals surface area contributed by atoms with Crippen molar-refractivity contribution in [3.05, 3.63) is 48.0 Å². The maximum absolute atomic E-state index is 11.8. The fourth-order valence-corrected chi connectivity index (χ4v) is 2.21. The largest absolute Gasteiger partial charge is 0.480 e. The van der Waals surface area contributed by atoms with E-state index < -0.39 is 12.0 Å². The number of carbonyl (C=O) groups excluding carboxylic acids is 1. The molecule has 20 heavy (non-hydrogen) atoms. The van der Waals surface area contributed by atoms with Gasteiger partial charge in [-0.25, -0.2) is 4.79 Å². The molecule has 0 aliphatic rings. The zero-order valence-electron chi connectivity index (χ0n) is 10.7. The van der Waals surface area contributed by atoms with Crippen molar-refractivity contribution in [2.24, 2.45) is 0 Å². The van der Waals surface area contributed by atoms with Gasteiger partial charge in [-0.2, -0.15) is 12.6 Å². The van der Waals surface area contributed by atoms with E-state index in [1.807, 2.05) is 42.5 Å². The molecule has 0 saturated carbocycles. The van der Waals surface area contributed by atoms with Crippen LogP contribution in [0.3, 0.4) is 0 Å². The molecular weight excluding hydrogens is 274 g/mol. The molecule has 0 fully saturated rings. The number of benzene rings is 2. The monoisotopic (exact) mass is 289 g/mol. The quantitative estimate of drug-likeness (QED) is 0.736. The number of aliphatic carboxylic acids is 1. The van der Waals surface area contributed by atoms with Gasteiger partial charge in [0, 0.05) is 5.75 Å². The second kappa shape index (κ2) is 6.43. The van der Waals surface area contributed by atoms with E-state index in [2.05, 4.69) is 17.9 Å². The highest BCUT2D eigenvalue weighted by Gasteiger charge is 2.17. The molecule has 0 radical (unpaired) electrons. The number of hydrogen-bond acceptors (Lipinski definition) is 3. The molecule has 0 aliphatic heterocycles. The van der Waals surface area contributed by atoms with Crippen LogP contribution < -0.4 is 5.32 Å². The second-order valence-electron chi connectivity index (χ2n) is 4.50. The van der Waals surface area contributed by atoms with E-state index in [9.17, 15) is 9.59 Å². The Hall–Kier alpha value is -2.01. The number of rotatable bonds is 5. The van der Waals surface area contributed by atoms with Gasteiger partial charge >= 0.3 is 5.97 Å². The van der Waals surface area contributed by atoms with Gasteiger partial charge in [-0.05, 0) is 16.3 Å². The lowest BCUT2D eigenvalue weighted by atomic mass is 10.0. The summed E-state index contributed by atoms with van der Waals surface area (Å²) >= 11 is 3.91. The predicted octanol–water partition coefficient (Wildman–Crippen LogP) is 1.88. The molecule has 4 nitrogen and oxygen atoms in total. The van der Waals surface area contributed by atoms with E-state index in [-0.39, 0.29) is 18.1 Å². The van der Waals surface area contributed by atoms with Crippen molar-refractivity contribution >= 4 is 35.3 Å². The summed E-state index contributed by atoms with van der Waals surface area (Å²) < 4.78 is 0. The van der Waals surface area contributed by atoms with E-state index in [0.29, 0.717) is 0 Å². The van der Waals surface area contributed by atoms with Crippen LogP contribution in [0.25, 0.3) is 10.8 Å². The van der Waals surface area contributed by atoms with E-state index in [1.165, 1.54) is 0 Å². The zero-order chi connectivity index (χ0) is 14.5. The smallest absolute Gasteiger partial charge is 0.327 e. The average molecular weight is 289 g/mol. The summed E-state index contributed by atoms with van der Waals surface area (Å²) in [6.07, 6.45) is 0.155. The fraction of sp³-hybridized carbons (Fsp3) is 0.200. The molecule has 0 aliphatic carbocycles. The van der Waals surface area contributed by atoms with Crippen LogP contribution in [-0.4, -0.2) is 28.8 Å². The highest BCUT2D eigenvalue weighted by Crippen LogP contribution is 2.15. The number of hydrogen-bond donors (Lipinski definition) is 3. The Balaban J connectivity index is 2.07. The molecule has 5 heteroatoms. The van der Waals surface area contributed by atoms with Crippen LogP contribution in [0.1, 0.15) is 5.56 Å². The third-order valence-electron chi connectivity index (χ3n) is 2.99. The van der Waals surface area contributed by atoms with Crippen LogP contribution in [0.4, 0.5) is 0 Å². The summed E-state index contributed by atoms with van der Waals surface area (Å²) in [6.45, 7) is 0. The fourth-order valence-electron chi connectivity index (χ4n) is 1.96. The first-order valence-electron chi connectivity index (χ1n) is 6.21. The molecule has 1 amide bonds. The van der Waals surface area contributed by atoms with Gasteiger partial charge in [-0.1, -0.05) is 42.5 Å². The third kappa shape index (κ3) is 3.51. The molecule has 0 bridgehead atoms. The summed E-state index contributed by atoms with van der Waals surface area (Å²) in [4.78, 5) is 22.6. The number of carbonyl (C=O) groups is 2. The van der Waals surface area contributed by atoms with Crippen molar-refractivity contribution in [3.8, 4) is 0 Å². The van der Waals surface area contributed by atoms with Crippen LogP contribution in [0.2, 0.25) is 0 Å². The van der Waals surface area contributed by atoms with Crippen LogP contribution in [0.5, 0.6) is 0 Å². The Bertz CT molecular complexity index is 642. The van der Waals surface area contributed by atoms with Crippen molar-refractivity contribution in [1.29, 1.82) is 0 Å². The summed E-state index contributed by atoms with van der Waals surface area (Å²) in [5, 5.41) is 13.5. The van der Waals surface area contributed by atoms with Gasteiger partial charge in [0.05, 0.1) is 6.42 Å². The number of carboxylic acids is 1. The predicted molar refractivity (Wildman–Crippen MR) is 81.1 cm³/mol. The Labute approximate surface area is 122 Å². The Kier molecular flexibility index (Phi) is 4.63. The topological polar surface area (TPSA) is 66.4 Å². The Morgan fingerprint density at radius 2 is 1.85 bits per heavy atom. The lowest BCUT2D eigenvalue weighted by molar-refractivity contribution is -0.141. The van der Waals surface area contributed by atoms with Crippen molar-refractivity contribution in [2.45, 2.75) is 12.5 Å². The lowest BCUT2D eigenvalue weighted by Gasteiger charge is -2.12. The molecular formula is C15H15NO3S. The van der Waals surface area contributed by atoms with E-state index >= 15 is 0 Å². The van der Waals surface area contributed by atoms with Crippen molar-refractivity contribution in [1.82, 2.24) is 5.32 Å². The molecule has 2 aromatic rings. The molecule has 0 unspecified atom stereocenters. The molecule has 2 rings (SSSR count). The molecule has 0 saturated heterocycles. The van der Waals surface area contributed by atoms with E-state index in [4.69, 9.17) is 5.11 Å². The van der Waals surface area contributed by atoms with Gasteiger partial charge < -0.3 is 10.4 Å². The van der Waals surface area contributed by atoms with Gasteiger partial charge in [0.15, 0.2) is 0 Å². The number of carboxylic acid groups (broad SMARTS) is 1. The van der Waals surface area contributed by atoms with Crippen molar-refractivity contribution in [2.75, 3.05) is 5.75 Å². The maximum atomic E-state index is 11.8. The molecule has 0 spiro atoms. The first-order chi connectivity index (χ1) is 9.60. The van der Waals surface area contributed by atoms with Gasteiger partial charge in [0.1, 0.15) is 6.04 Å². The molecule has 2 aromatic carbocycles. The Morgan fingerprint density at radius 1 is 1.15 bits per heavy atom. The van der Waals surface area contributed by atoms with Gasteiger partial charge in [0.25, 0.3) is 0 Å². The van der Waals surface area contributed by atoms with Crippen molar-refractivity contribution in [3.63, 3.8) is 0 Å². The second-order valence-corrected chi connectivity index (χ2v) is 4.86. The van der Waals surface area contributed by atoms with Crippen LogP contribution in [0, 0.1) is 0 Å². The summed E-state index contributed by atoms with van der Waals surface area (Å²) in [7, 11) is 0. The number of amides is 1. The standard InChI is InChI=1S/C15H15NO3S/c17-14(16-13(9-20)15(18)19)8-10-5-6-11-3-1-2-4-12(11)7-10/h1-7,13,20H,8-9H2,(H,16,17)(H,18,19)/t13-/m0/s1. The van der Waals surface area contributed by atoms with Gasteiger partial charge in [0.2, 0.25) is 5.91 Å². The number of thiol groups is 1. The van der Waals surface area contributed by atoms with E-state index in [1.54, 1.807) is 0 Å². The lowest BCUT2D eigenvalue weighted by Crippen LogP contribution is -2.42. The molecule has 0 aromatic heterocycles. The minimum atomic E-state index is -1.08. The highest BCUT2D eigenvalue weighted by atomic mass is 32.1. The average Bonchev–Trinajstić information content (AvgIpc) is 2.44. The first-order valence-corrected chi connectivity index (χ1v) is 6.84. The normalized spacial score (nSPS) is 12.1. The molecule has 2 N–H and O–H groups in total. The first kappa shape index (κ1) is 14.4. The minimum Gasteiger partial charge on any atom is -0.480 e. The van der Waals surface area contributed by atoms with E-state index in [0.717, 1.165) is 16.3 Å². The molecule has 1 atom stereocenters. The van der Waals surface area contributed by atoms with Crippen LogP contribution >= 0.6 is 12.6 Å². The van der Waals surface area contributed by atoms with Crippen molar-refractivity contribution < 1.29 is 14.7 Å².